The highest BCUT2D eigenvalue weighted by Gasteiger charge is 2.00. The van der Waals surface area contributed by atoms with Crippen molar-refractivity contribution in [3.63, 3.8) is 0 Å². The predicted molar refractivity (Wildman–Crippen MR) is 82.3 cm³/mol. The summed E-state index contributed by atoms with van der Waals surface area (Å²) in [6.07, 6.45) is 0. The molecule has 2 aromatic rings. The Bertz CT molecular complexity index is 510. The van der Waals surface area contributed by atoms with Gasteiger partial charge in [-0.15, -0.1) is 0 Å². The molecule has 0 atom stereocenters. The molecule has 0 fully saturated rings. The normalized spacial score (nSPS) is 10.4. The Balaban J connectivity index is 1.91. The van der Waals surface area contributed by atoms with Crippen LogP contribution in [-0.4, -0.2) is 6.54 Å². The van der Waals surface area contributed by atoms with E-state index < -0.39 is 0 Å². The largest absolute Gasteiger partial charge is 0.489 e. The zero-order valence-electron chi connectivity index (χ0n) is 11.0. The maximum Gasteiger partial charge on any atom is 0.119 e. The van der Waals surface area contributed by atoms with Gasteiger partial charge in [0, 0.05) is 16.6 Å². The summed E-state index contributed by atoms with van der Waals surface area (Å²) in [4.78, 5) is 0. The minimum atomic E-state index is 0.577. The number of benzene rings is 2. The number of rotatable bonds is 6. The Labute approximate surface area is 122 Å². The molecular weight excluding hydrogens is 302 g/mol. The fourth-order valence-corrected chi connectivity index (χ4v) is 2.15. The van der Waals surface area contributed by atoms with Crippen molar-refractivity contribution in [3.8, 4) is 5.75 Å². The topological polar surface area (TPSA) is 21.3 Å². The number of hydrogen-bond donors (Lipinski definition) is 1. The molecule has 0 unspecified atom stereocenters. The lowest BCUT2D eigenvalue weighted by atomic mass is 10.2. The van der Waals surface area contributed by atoms with Gasteiger partial charge < -0.3 is 10.1 Å². The Morgan fingerprint density at radius 1 is 1.05 bits per heavy atom. The van der Waals surface area contributed by atoms with Gasteiger partial charge in [0.1, 0.15) is 12.4 Å². The Morgan fingerprint density at radius 2 is 1.79 bits per heavy atom. The van der Waals surface area contributed by atoms with Gasteiger partial charge in [0.15, 0.2) is 0 Å². The minimum absolute atomic E-state index is 0.577. The maximum atomic E-state index is 5.78. The van der Waals surface area contributed by atoms with Crippen LogP contribution in [0.3, 0.4) is 0 Å². The number of ether oxygens (including phenoxy) is 1. The summed E-state index contributed by atoms with van der Waals surface area (Å²) >= 11 is 3.52. The summed E-state index contributed by atoms with van der Waals surface area (Å²) in [5.41, 5.74) is 2.43. The first-order valence-electron chi connectivity index (χ1n) is 6.45. The maximum absolute atomic E-state index is 5.78. The van der Waals surface area contributed by atoms with Gasteiger partial charge in [-0.1, -0.05) is 53.2 Å². The summed E-state index contributed by atoms with van der Waals surface area (Å²) in [6, 6.07) is 16.3. The molecule has 0 aliphatic carbocycles. The second-order valence-electron chi connectivity index (χ2n) is 4.30. The summed E-state index contributed by atoms with van der Waals surface area (Å²) in [7, 11) is 0. The van der Waals surface area contributed by atoms with Crippen molar-refractivity contribution in [1.82, 2.24) is 5.32 Å². The molecule has 0 saturated carbocycles. The second-order valence-corrected chi connectivity index (χ2v) is 5.16. The molecule has 100 valence electrons. The summed E-state index contributed by atoms with van der Waals surface area (Å²) in [5, 5.41) is 3.30. The highest BCUT2D eigenvalue weighted by Crippen LogP contribution is 2.19. The molecule has 0 amide bonds. The third kappa shape index (κ3) is 4.37. The van der Waals surface area contributed by atoms with Gasteiger partial charge in [-0.05, 0) is 30.3 Å². The molecular formula is C16H18BrNO. The standard InChI is InChI=1S/C16H18BrNO/c1-2-18-11-13-7-9-15(10-8-13)19-12-14-5-3-4-6-16(14)17/h3-10,18H,2,11-12H2,1H3. The van der Waals surface area contributed by atoms with Gasteiger partial charge in [0.2, 0.25) is 0 Å². The molecule has 0 saturated heterocycles. The van der Waals surface area contributed by atoms with E-state index >= 15 is 0 Å². The second kappa shape index (κ2) is 7.31. The molecule has 0 aliphatic heterocycles. The van der Waals surface area contributed by atoms with E-state index in [2.05, 4.69) is 46.4 Å². The van der Waals surface area contributed by atoms with Crippen LogP contribution in [0.1, 0.15) is 18.1 Å². The molecule has 0 heterocycles. The first kappa shape index (κ1) is 14.1. The average Bonchev–Trinajstić information content (AvgIpc) is 2.45. The number of nitrogens with one attached hydrogen (secondary N) is 1. The van der Waals surface area contributed by atoms with E-state index in [4.69, 9.17) is 4.74 Å². The SMILES string of the molecule is CCNCc1ccc(OCc2ccccc2Br)cc1. The van der Waals surface area contributed by atoms with Gasteiger partial charge in [-0.3, -0.25) is 0 Å². The van der Waals surface area contributed by atoms with Crippen LogP contribution in [0.5, 0.6) is 5.75 Å². The van der Waals surface area contributed by atoms with Crippen molar-refractivity contribution >= 4 is 15.9 Å². The Kier molecular flexibility index (Phi) is 5.43. The van der Waals surface area contributed by atoms with E-state index in [1.807, 2.05) is 30.3 Å². The van der Waals surface area contributed by atoms with Crippen LogP contribution in [0, 0.1) is 0 Å². The monoisotopic (exact) mass is 319 g/mol. The quantitative estimate of drug-likeness (QED) is 0.864. The molecule has 2 rings (SSSR count). The fourth-order valence-electron chi connectivity index (χ4n) is 1.75. The lowest BCUT2D eigenvalue weighted by Crippen LogP contribution is -2.11. The van der Waals surface area contributed by atoms with E-state index in [-0.39, 0.29) is 0 Å². The molecule has 0 aliphatic rings. The van der Waals surface area contributed by atoms with Gasteiger partial charge >= 0.3 is 0 Å². The van der Waals surface area contributed by atoms with Gasteiger partial charge in [-0.2, -0.15) is 0 Å². The van der Waals surface area contributed by atoms with E-state index in [0.29, 0.717) is 6.61 Å². The molecule has 0 bridgehead atoms. The molecule has 2 nitrogen and oxygen atoms in total. The van der Waals surface area contributed by atoms with Crippen LogP contribution in [0.2, 0.25) is 0 Å². The van der Waals surface area contributed by atoms with Crippen LogP contribution in [-0.2, 0) is 13.2 Å². The molecule has 3 heteroatoms. The third-order valence-electron chi connectivity index (χ3n) is 2.85. The number of hydrogen-bond acceptors (Lipinski definition) is 2. The smallest absolute Gasteiger partial charge is 0.119 e. The molecule has 2 aromatic carbocycles. The first-order chi connectivity index (χ1) is 9.29. The molecule has 0 radical (unpaired) electrons. The Hall–Kier alpha value is -1.32. The van der Waals surface area contributed by atoms with Crippen molar-refractivity contribution in [2.45, 2.75) is 20.1 Å². The minimum Gasteiger partial charge on any atom is -0.489 e. The van der Waals surface area contributed by atoms with Crippen LogP contribution in [0.4, 0.5) is 0 Å². The molecule has 0 spiro atoms. The zero-order chi connectivity index (χ0) is 13.5. The molecule has 1 N–H and O–H groups in total. The van der Waals surface area contributed by atoms with Crippen molar-refractivity contribution in [2.24, 2.45) is 0 Å². The van der Waals surface area contributed by atoms with E-state index in [9.17, 15) is 0 Å². The average molecular weight is 320 g/mol. The lowest BCUT2D eigenvalue weighted by Gasteiger charge is -2.09. The first-order valence-corrected chi connectivity index (χ1v) is 7.24. The van der Waals surface area contributed by atoms with E-state index in [1.165, 1.54) is 5.56 Å². The van der Waals surface area contributed by atoms with Gasteiger partial charge in [0.25, 0.3) is 0 Å². The van der Waals surface area contributed by atoms with Crippen molar-refractivity contribution < 1.29 is 4.74 Å². The van der Waals surface area contributed by atoms with E-state index in [1.54, 1.807) is 0 Å². The summed E-state index contributed by atoms with van der Waals surface area (Å²) in [6.45, 7) is 4.57. The predicted octanol–water partition coefficient (Wildman–Crippen LogP) is 4.14. The lowest BCUT2D eigenvalue weighted by molar-refractivity contribution is 0.305. The molecule has 19 heavy (non-hydrogen) atoms. The third-order valence-corrected chi connectivity index (χ3v) is 3.63. The summed E-state index contributed by atoms with van der Waals surface area (Å²) in [5.74, 6) is 0.899. The fraction of sp³-hybridized carbons (Fsp3) is 0.250. The van der Waals surface area contributed by atoms with Gasteiger partial charge in [0.05, 0.1) is 0 Å². The highest BCUT2D eigenvalue weighted by molar-refractivity contribution is 9.10. The van der Waals surface area contributed by atoms with Crippen molar-refractivity contribution in [2.75, 3.05) is 6.54 Å². The van der Waals surface area contributed by atoms with Crippen LogP contribution in [0.15, 0.2) is 53.0 Å². The van der Waals surface area contributed by atoms with Crippen LogP contribution in [0.25, 0.3) is 0 Å². The highest BCUT2D eigenvalue weighted by atomic mass is 79.9. The van der Waals surface area contributed by atoms with Crippen molar-refractivity contribution in [3.05, 3.63) is 64.1 Å². The summed E-state index contributed by atoms with van der Waals surface area (Å²) < 4.78 is 6.86. The zero-order valence-corrected chi connectivity index (χ0v) is 12.6. The van der Waals surface area contributed by atoms with E-state index in [0.717, 1.165) is 28.9 Å². The van der Waals surface area contributed by atoms with Gasteiger partial charge in [-0.25, -0.2) is 0 Å². The van der Waals surface area contributed by atoms with Crippen LogP contribution >= 0.6 is 15.9 Å². The number of halogens is 1. The van der Waals surface area contributed by atoms with Crippen molar-refractivity contribution in [1.29, 1.82) is 0 Å². The Morgan fingerprint density at radius 3 is 2.47 bits per heavy atom. The molecule has 0 aromatic heterocycles. The van der Waals surface area contributed by atoms with Crippen LogP contribution < -0.4 is 10.1 Å².